The first-order valence-corrected chi connectivity index (χ1v) is 7.14. The number of hydrazine groups is 1. The predicted molar refractivity (Wildman–Crippen MR) is 70.6 cm³/mol. The van der Waals surface area contributed by atoms with Crippen molar-refractivity contribution in [2.24, 2.45) is 11.8 Å². The van der Waals surface area contributed by atoms with Crippen LogP contribution in [0.5, 0.6) is 0 Å². The fraction of sp³-hybridized carbons (Fsp3) is 0.818. The van der Waals surface area contributed by atoms with E-state index in [1.165, 1.54) is 50.1 Å². The molecule has 2 heterocycles. The number of nitrogens with one attached hydrogen (secondary N) is 1. The Morgan fingerprint density at radius 1 is 1.41 bits per heavy atom. The van der Waals surface area contributed by atoms with Gasteiger partial charge in [-0.25, -0.2) is 5.84 Å². The summed E-state index contributed by atoms with van der Waals surface area (Å²) in [7, 11) is 0. The van der Waals surface area contributed by atoms with E-state index in [-0.39, 0.29) is 0 Å². The van der Waals surface area contributed by atoms with Gasteiger partial charge in [-0.1, -0.05) is 24.7 Å². The summed E-state index contributed by atoms with van der Waals surface area (Å²) in [6.45, 7) is 5.57. The van der Waals surface area contributed by atoms with E-state index in [2.05, 4.69) is 27.4 Å². The molecular formula is C11H21N5S. The van der Waals surface area contributed by atoms with E-state index in [0.717, 1.165) is 17.5 Å². The maximum Gasteiger partial charge on any atom is 0.219 e. The van der Waals surface area contributed by atoms with Gasteiger partial charge < -0.3 is 0 Å². The summed E-state index contributed by atoms with van der Waals surface area (Å²) >= 11 is 1.54. The third-order valence-corrected chi connectivity index (χ3v) is 4.31. The van der Waals surface area contributed by atoms with E-state index in [0.29, 0.717) is 5.13 Å². The molecule has 0 amide bonds. The molecule has 5 nitrogen and oxygen atoms in total. The van der Waals surface area contributed by atoms with Gasteiger partial charge in [-0.3, -0.25) is 10.3 Å². The standard InChI is InChI=1S/C11H21N5S/c1-2-9-4-3-6-16(7-5-9)8-10-14-15-11(13-12)17-10/h9H,2-8,12H2,1H3,(H,13,15). The van der Waals surface area contributed by atoms with Crippen molar-refractivity contribution in [1.29, 1.82) is 0 Å². The SMILES string of the molecule is CCC1CCCN(Cc2nnc(NN)s2)CC1. The first-order chi connectivity index (χ1) is 8.31. The van der Waals surface area contributed by atoms with Gasteiger partial charge in [0.1, 0.15) is 5.01 Å². The van der Waals surface area contributed by atoms with Crippen LogP contribution in [0.3, 0.4) is 0 Å². The van der Waals surface area contributed by atoms with E-state index in [1.807, 2.05) is 0 Å². The van der Waals surface area contributed by atoms with E-state index < -0.39 is 0 Å². The van der Waals surface area contributed by atoms with Crippen molar-refractivity contribution in [3.63, 3.8) is 0 Å². The summed E-state index contributed by atoms with van der Waals surface area (Å²) < 4.78 is 0. The Morgan fingerprint density at radius 3 is 3.00 bits per heavy atom. The van der Waals surface area contributed by atoms with Crippen LogP contribution >= 0.6 is 11.3 Å². The monoisotopic (exact) mass is 255 g/mol. The number of anilines is 1. The van der Waals surface area contributed by atoms with Crippen LogP contribution in [0.15, 0.2) is 0 Å². The minimum Gasteiger partial charge on any atom is -0.298 e. The summed E-state index contributed by atoms with van der Waals surface area (Å²) in [6.07, 6.45) is 5.31. The van der Waals surface area contributed by atoms with Gasteiger partial charge in [0.2, 0.25) is 5.13 Å². The molecule has 0 aromatic carbocycles. The van der Waals surface area contributed by atoms with Crippen LogP contribution in [0.1, 0.15) is 37.6 Å². The van der Waals surface area contributed by atoms with Gasteiger partial charge in [-0.05, 0) is 38.3 Å². The van der Waals surface area contributed by atoms with Gasteiger partial charge in [0.25, 0.3) is 0 Å². The van der Waals surface area contributed by atoms with Crippen molar-refractivity contribution < 1.29 is 0 Å². The molecule has 2 rings (SSSR count). The average Bonchev–Trinajstić information content (AvgIpc) is 2.68. The Hall–Kier alpha value is -0.720. The molecule has 0 spiro atoms. The zero-order valence-electron chi connectivity index (χ0n) is 10.4. The fourth-order valence-electron chi connectivity index (χ4n) is 2.36. The molecule has 0 saturated carbocycles. The maximum atomic E-state index is 5.30. The fourth-order valence-corrected chi connectivity index (χ4v) is 3.05. The van der Waals surface area contributed by atoms with Crippen LogP contribution in [0.4, 0.5) is 5.13 Å². The Labute approximate surface area is 106 Å². The molecule has 17 heavy (non-hydrogen) atoms. The molecule has 1 atom stereocenters. The van der Waals surface area contributed by atoms with Gasteiger partial charge in [-0.2, -0.15) is 0 Å². The van der Waals surface area contributed by atoms with Gasteiger partial charge in [0.05, 0.1) is 6.54 Å². The van der Waals surface area contributed by atoms with Crippen molar-refractivity contribution in [2.45, 2.75) is 39.2 Å². The number of nitrogens with zero attached hydrogens (tertiary/aromatic N) is 3. The summed E-state index contributed by atoms with van der Waals surface area (Å²) in [5.74, 6) is 6.21. The highest BCUT2D eigenvalue weighted by Crippen LogP contribution is 2.22. The van der Waals surface area contributed by atoms with Crippen molar-refractivity contribution in [2.75, 3.05) is 18.5 Å². The Morgan fingerprint density at radius 2 is 2.29 bits per heavy atom. The second-order valence-corrected chi connectivity index (χ2v) is 5.69. The molecule has 0 radical (unpaired) electrons. The first-order valence-electron chi connectivity index (χ1n) is 6.33. The number of aromatic nitrogens is 2. The molecule has 96 valence electrons. The lowest BCUT2D eigenvalue weighted by atomic mass is 9.98. The minimum atomic E-state index is 0.696. The zero-order valence-corrected chi connectivity index (χ0v) is 11.2. The van der Waals surface area contributed by atoms with Crippen LogP contribution in [0, 0.1) is 5.92 Å². The van der Waals surface area contributed by atoms with E-state index in [9.17, 15) is 0 Å². The highest BCUT2D eigenvalue weighted by Gasteiger charge is 2.17. The smallest absolute Gasteiger partial charge is 0.219 e. The molecule has 1 aliphatic heterocycles. The van der Waals surface area contributed by atoms with Crippen LogP contribution in [0.2, 0.25) is 0 Å². The number of nitrogens with two attached hydrogens (primary N) is 1. The quantitative estimate of drug-likeness (QED) is 0.635. The Bertz CT molecular complexity index is 340. The van der Waals surface area contributed by atoms with E-state index in [1.54, 1.807) is 0 Å². The molecule has 3 N–H and O–H groups in total. The number of nitrogen functional groups attached to an aromatic ring is 1. The molecule has 6 heteroatoms. The highest BCUT2D eigenvalue weighted by atomic mass is 32.1. The lowest BCUT2D eigenvalue weighted by Gasteiger charge is -2.18. The summed E-state index contributed by atoms with van der Waals surface area (Å²) in [4.78, 5) is 2.48. The topological polar surface area (TPSA) is 67.1 Å². The lowest BCUT2D eigenvalue weighted by molar-refractivity contribution is 0.271. The van der Waals surface area contributed by atoms with Gasteiger partial charge in [0, 0.05) is 0 Å². The second-order valence-electron chi connectivity index (χ2n) is 4.63. The molecular weight excluding hydrogens is 234 g/mol. The molecule has 1 saturated heterocycles. The lowest BCUT2D eigenvalue weighted by Crippen LogP contribution is -2.24. The Kier molecular flexibility index (Phi) is 4.70. The number of likely N-dealkylation sites (tertiary alicyclic amines) is 1. The minimum absolute atomic E-state index is 0.696. The number of hydrogen-bond acceptors (Lipinski definition) is 6. The number of rotatable bonds is 4. The summed E-state index contributed by atoms with van der Waals surface area (Å²) in [5, 5.41) is 9.84. The van der Waals surface area contributed by atoms with E-state index >= 15 is 0 Å². The third kappa shape index (κ3) is 3.62. The second kappa shape index (κ2) is 6.28. The van der Waals surface area contributed by atoms with Crippen molar-refractivity contribution in [1.82, 2.24) is 15.1 Å². The average molecular weight is 255 g/mol. The third-order valence-electron chi connectivity index (χ3n) is 3.47. The van der Waals surface area contributed by atoms with Crippen LogP contribution in [-0.2, 0) is 6.54 Å². The molecule has 1 fully saturated rings. The van der Waals surface area contributed by atoms with Gasteiger partial charge >= 0.3 is 0 Å². The maximum absolute atomic E-state index is 5.30. The Balaban J connectivity index is 1.86. The first kappa shape index (κ1) is 12.7. The highest BCUT2D eigenvalue weighted by molar-refractivity contribution is 7.15. The largest absolute Gasteiger partial charge is 0.298 e. The molecule has 1 unspecified atom stereocenters. The predicted octanol–water partition coefficient (Wildman–Crippen LogP) is 1.84. The zero-order chi connectivity index (χ0) is 12.1. The molecule has 1 aromatic rings. The van der Waals surface area contributed by atoms with Crippen molar-refractivity contribution in [3.05, 3.63) is 5.01 Å². The molecule has 1 aromatic heterocycles. The van der Waals surface area contributed by atoms with Crippen LogP contribution in [-0.4, -0.2) is 28.2 Å². The van der Waals surface area contributed by atoms with Crippen molar-refractivity contribution in [3.8, 4) is 0 Å². The van der Waals surface area contributed by atoms with Gasteiger partial charge in [-0.15, -0.1) is 10.2 Å². The van der Waals surface area contributed by atoms with Crippen LogP contribution < -0.4 is 11.3 Å². The molecule has 0 bridgehead atoms. The summed E-state index contributed by atoms with van der Waals surface area (Å²) in [6, 6.07) is 0. The molecule has 0 aliphatic carbocycles. The van der Waals surface area contributed by atoms with E-state index in [4.69, 9.17) is 5.84 Å². The number of hydrogen-bond donors (Lipinski definition) is 2. The normalized spacial score (nSPS) is 22.4. The molecule has 1 aliphatic rings. The van der Waals surface area contributed by atoms with Gasteiger partial charge in [0.15, 0.2) is 0 Å². The van der Waals surface area contributed by atoms with Crippen molar-refractivity contribution >= 4 is 16.5 Å². The summed E-state index contributed by atoms with van der Waals surface area (Å²) in [5.41, 5.74) is 2.54. The van der Waals surface area contributed by atoms with Crippen LogP contribution in [0.25, 0.3) is 0 Å².